The number of halogens is 1. The highest BCUT2D eigenvalue weighted by molar-refractivity contribution is 7.79. The standard InChI is InChI=1S/C23H26ClN3O7.H2O4S/c1-26(2)16-9-5-8-6-10-17(27(3)4)19(30)15(22(25)33)21(32)23(10,34)20(31)13(8)18(29)14(9)12(28)7-11(16)24;1-5(2,3)4/h7-8,10,17,28,30-31,34H,5-6H2,1-4H3,(H2,25,33);(H2,1,2,3,4)/t8?,10?,17-,23-;/m0./s1. The fraction of sp³-hybridized carbons (Fsp3) is 0.435. The SMILES string of the molecule is CN(C)c1c(Cl)cc(O)c2c1CC1CC3[C@H](N(C)C)C(O)=C(C(N)=O)C(=O)[C@@]3(O)C(O)=C1C2=O.O=S(=O)(O)O. The van der Waals surface area contributed by atoms with Gasteiger partial charge in [0.15, 0.2) is 11.4 Å². The van der Waals surface area contributed by atoms with E-state index >= 15 is 0 Å². The molecule has 214 valence electrons. The first-order valence-corrected chi connectivity index (χ1v) is 13.1. The van der Waals surface area contributed by atoms with Crippen LogP contribution in [0.25, 0.3) is 0 Å². The Kier molecular flexibility index (Phi) is 7.84. The molecule has 1 amide bonds. The Morgan fingerprint density at radius 2 is 1.67 bits per heavy atom. The van der Waals surface area contributed by atoms with Crippen LogP contribution >= 0.6 is 11.6 Å². The zero-order valence-corrected chi connectivity index (χ0v) is 22.8. The van der Waals surface area contributed by atoms with E-state index in [1.807, 2.05) is 0 Å². The van der Waals surface area contributed by atoms with Crippen molar-refractivity contribution in [2.45, 2.75) is 24.5 Å². The highest BCUT2D eigenvalue weighted by atomic mass is 35.5. The summed E-state index contributed by atoms with van der Waals surface area (Å²) < 4.78 is 31.6. The number of primary amides is 1. The van der Waals surface area contributed by atoms with E-state index in [-0.39, 0.29) is 34.8 Å². The molecule has 0 radical (unpaired) electrons. The molecule has 0 aliphatic heterocycles. The molecule has 8 N–H and O–H groups in total. The van der Waals surface area contributed by atoms with E-state index < -0.39 is 68.4 Å². The van der Waals surface area contributed by atoms with Crippen LogP contribution in [-0.2, 0) is 26.4 Å². The van der Waals surface area contributed by atoms with Gasteiger partial charge in [0, 0.05) is 31.7 Å². The summed E-state index contributed by atoms with van der Waals surface area (Å²) >= 11 is 6.35. The fourth-order valence-electron chi connectivity index (χ4n) is 5.76. The highest BCUT2D eigenvalue weighted by Crippen LogP contribution is 2.53. The molecule has 2 unspecified atom stereocenters. The number of likely N-dealkylation sites (N-methyl/N-ethyl adjacent to an activating group) is 1. The summed E-state index contributed by atoms with van der Waals surface area (Å²) in [5, 5.41) is 44.3. The molecule has 3 aliphatic carbocycles. The lowest BCUT2D eigenvalue weighted by molar-refractivity contribution is -0.148. The lowest BCUT2D eigenvalue weighted by Crippen LogP contribution is -2.63. The van der Waals surface area contributed by atoms with Crippen LogP contribution in [0.1, 0.15) is 22.3 Å². The number of phenols is 1. The van der Waals surface area contributed by atoms with Crippen LogP contribution in [0.4, 0.5) is 5.69 Å². The van der Waals surface area contributed by atoms with E-state index in [4.69, 9.17) is 34.9 Å². The third-order valence-corrected chi connectivity index (χ3v) is 7.38. The molecule has 4 atom stereocenters. The minimum atomic E-state index is -4.67. The van der Waals surface area contributed by atoms with Crippen molar-refractivity contribution in [3.63, 3.8) is 0 Å². The number of hydrogen-bond acceptors (Lipinski definition) is 11. The van der Waals surface area contributed by atoms with Crippen LogP contribution in [-0.4, -0.2) is 100 Å². The Morgan fingerprint density at radius 3 is 2.13 bits per heavy atom. The first kappa shape index (κ1) is 30.3. The number of carbonyl (C=O) groups is 3. The molecule has 14 nitrogen and oxygen atoms in total. The van der Waals surface area contributed by atoms with Gasteiger partial charge in [-0.3, -0.25) is 28.4 Å². The quantitative estimate of drug-likeness (QED) is 0.184. The molecular weight excluding hydrogens is 562 g/mol. The van der Waals surface area contributed by atoms with Crippen molar-refractivity contribution in [3.05, 3.63) is 44.9 Å². The van der Waals surface area contributed by atoms with Gasteiger partial charge < -0.3 is 31.1 Å². The predicted octanol–water partition coefficient (Wildman–Crippen LogP) is 0.187. The first-order valence-electron chi connectivity index (χ1n) is 11.3. The van der Waals surface area contributed by atoms with E-state index in [0.717, 1.165) is 0 Å². The average Bonchev–Trinajstić information content (AvgIpc) is 2.74. The Bertz CT molecular complexity index is 1440. The lowest BCUT2D eigenvalue weighted by atomic mass is 9.58. The maximum absolute atomic E-state index is 13.6. The Hall–Kier alpha value is -3.21. The molecule has 0 bridgehead atoms. The number of fused-ring (bicyclic) bond motifs is 3. The number of amides is 1. The number of aliphatic hydroxyl groups excluding tert-OH is 2. The summed E-state index contributed by atoms with van der Waals surface area (Å²) in [4.78, 5) is 42.0. The normalized spacial score (nSPS) is 26.4. The molecule has 0 saturated carbocycles. The van der Waals surface area contributed by atoms with Gasteiger partial charge in [-0.05, 0) is 38.4 Å². The smallest absolute Gasteiger partial charge is 0.394 e. The van der Waals surface area contributed by atoms with Crippen LogP contribution in [0.2, 0.25) is 5.02 Å². The molecule has 4 rings (SSSR count). The van der Waals surface area contributed by atoms with Gasteiger partial charge in [-0.15, -0.1) is 0 Å². The van der Waals surface area contributed by atoms with Gasteiger partial charge in [0.2, 0.25) is 5.78 Å². The predicted molar refractivity (Wildman–Crippen MR) is 137 cm³/mol. The van der Waals surface area contributed by atoms with E-state index in [1.165, 1.54) is 11.0 Å². The number of rotatable bonds is 3. The molecule has 0 fully saturated rings. The number of phenolic OH excluding ortho intramolecular Hbond substituents is 1. The van der Waals surface area contributed by atoms with Gasteiger partial charge in [0.1, 0.15) is 22.8 Å². The third-order valence-electron chi connectivity index (χ3n) is 7.10. The summed E-state index contributed by atoms with van der Waals surface area (Å²) in [6.07, 6.45) is 0.197. The fourth-order valence-corrected chi connectivity index (χ4v) is 6.15. The zero-order chi connectivity index (χ0) is 29.9. The van der Waals surface area contributed by atoms with E-state index in [0.29, 0.717) is 11.3 Å². The molecule has 0 saturated heterocycles. The Labute approximate surface area is 228 Å². The van der Waals surface area contributed by atoms with Gasteiger partial charge in [0.25, 0.3) is 5.91 Å². The van der Waals surface area contributed by atoms with Crippen LogP contribution in [0.5, 0.6) is 5.75 Å². The van der Waals surface area contributed by atoms with Crippen molar-refractivity contribution in [1.82, 2.24) is 4.90 Å². The number of anilines is 1. The Balaban J connectivity index is 0.000000771. The van der Waals surface area contributed by atoms with Gasteiger partial charge >= 0.3 is 10.4 Å². The second-order valence-corrected chi connectivity index (χ2v) is 11.2. The van der Waals surface area contributed by atoms with E-state index in [2.05, 4.69) is 0 Å². The number of benzene rings is 1. The number of allylic oxidation sites excluding steroid dienone is 1. The lowest BCUT2D eigenvalue weighted by Gasteiger charge is -2.50. The summed E-state index contributed by atoms with van der Waals surface area (Å²) in [6, 6.07) is 0.192. The summed E-state index contributed by atoms with van der Waals surface area (Å²) in [7, 11) is 1.97. The number of ketones is 2. The van der Waals surface area contributed by atoms with Crippen LogP contribution < -0.4 is 10.6 Å². The molecule has 0 spiro atoms. The summed E-state index contributed by atoms with van der Waals surface area (Å²) in [5.41, 5.74) is 2.56. The molecule has 16 heteroatoms. The van der Waals surface area contributed by atoms with Gasteiger partial charge in [-0.1, -0.05) is 11.6 Å². The van der Waals surface area contributed by atoms with Crippen molar-refractivity contribution in [2.24, 2.45) is 17.6 Å². The van der Waals surface area contributed by atoms with Crippen molar-refractivity contribution in [1.29, 1.82) is 0 Å². The van der Waals surface area contributed by atoms with Crippen LogP contribution in [0.15, 0.2) is 28.7 Å². The third kappa shape index (κ3) is 4.97. The first-order chi connectivity index (χ1) is 17.7. The molecule has 39 heavy (non-hydrogen) atoms. The minimum absolute atomic E-state index is 0.0197. The second-order valence-electron chi connectivity index (χ2n) is 9.89. The molecular formula is C23H28ClN3O11S. The van der Waals surface area contributed by atoms with Crippen LogP contribution in [0.3, 0.4) is 0 Å². The summed E-state index contributed by atoms with van der Waals surface area (Å²) in [5.74, 6) is -6.89. The molecule has 0 aromatic heterocycles. The van der Waals surface area contributed by atoms with Crippen molar-refractivity contribution >= 4 is 45.2 Å². The average molecular weight is 590 g/mol. The maximum atomic E-state index is 13.6. The van der Waals surface area contributed by atoms with Crippen molar-refractivity contribution < 1.29 is 52.3 Å². The van der Waals surface area contributed by atoms with E-state index in [1.54, 1.807) is 33.1 Å². The second kappa shape index (κ2) is 10.1. The van der Waals surface area contributed by atoms with Crippen LogP contribution in [0, 0.1) is 11.8 Å². The number of aliphatic hydroxyl groups is 3. The molecule has 1 aromatic rings. The Morgan fingerprint density at radius 1 is 1.13 bits per heavy atom. The number of hydrogen-bond donors (Lipinski definition) is 7. The zero-order valence-electron chi connectivity index (χ0n) is 21.2. The van der Waals surface area contributed by atoms with Gasteiger partial charge in [-0.25, -0.2) is 0 Å². The summed E-state index contributed by atoms with van der Waals surface area (Å²) in [6.45, 7) is 0. The number of carbonyl (C=O) groups excluding carboxylic acids is 3. The van der Waals surface area contributed by atoms with Crippen molar-refractivity contribution in [3.8, 4) is 5.75 Å². The highest BCUT2D eigenvalue weighted by Gasteiger charge is 2.63. The molecule has 0 heterocycles. The van der Waals surface area contributed by atoms with Gasteiger partial charge in [-0.2, -0.15) is 8.42 Å². The number of aromatic hydroxyl groups is 1. The van der Waals surface area contributed by atoms with Gasteiger partial charge in [0.05, 0.1) is 22.3 Å². The monoisotopic (exact) mass is 589 g/mol. The number of Topliss-reactive ketones (excluding diaryl/α,β-unsaturated/α-hetero) is 2. The molecule has 1 aromatic carbocycles. The minimum Gasteiger partial charge on any atom is -0.510 e. The molecule has 3 aliphatic rings. The number of nitrogens with two attached hydrogens (primary N) is 1. The topological polar surface area (TPSA) is 239 Å². The maximum Gasteiger partial charge on any atom is 0.394 e. The number of nitrogens with zero attached hydrogens (tertiary/aromatic N) is 2. The van der Waals surface area contributed by atoms with Crippen molar-refractivity contribution in [2.75, 3.05) is 33.1 Å². The largest absolute Gasteiger partial charge is 0.510 e. The van der Waals surface area contributed by atoms with E-state index in [9.17, 15) is 34.8 Å².